The maximum Gasteiger partial charge on any atom is 0.229 e. The summed E-state index contributed by atoms with van der Waals surface area (Å²) in [6, 6.07) is 12.1. The van der Waals surface area contributed by atoms with Crippen LogP contribution in [0.1, 0.15) is 12.0 Å². The van der Waals surface area contributed by atoms with Crippen molar-refractivity contribution in [2.24, 2.45) is 5.92 Å². The van der Waals surface area contributed by atoms with E-state index in [1.807, 2.05) is 0 Å². The molecule has 2 aromatic rings. The Morgan fingerprint density at radius 3 is 2.50 bits per heavy atom. The number of nitrogens with one attached hydrogen (secondary N) is 1. The zero-order chi connectivity index (χ0) is 17.1. The molecule has 1 fully saturated rings. The average molecular weight is 328 g/mol. The largest absolute Gasteiger partial charge is 0.508 e. The number of phenolic OH excluding ortho intramolecular Hbond substituents is 1. The Morgan fingerprint density at radius 2 is 1.83 bits per heavy atom. The van der Waals surface area contributed by atoms with Crippen molar-refractivity contribution in [3.8, 4) is 5.75 Å². The summed E-state index contributed by atoms with van der Waals surface area (Å²) in [4.78, 5) is 26.0. The molecule has 1 aliphatic heterocycles. The Labute approximate surface area is 138 Å². The number of benzene rings is 2. The molecule has 0 bridgehead atoms. The minimum absolute atomic E-state index is 0.0924. The molecule has 6 heteroatoms. The van der Waals surface area contributed by atoms with Gasteiger partial charge in [-0.2, -0.15) is 0 Å². The number of aromatic hydroxyl groups is 1. The number of nitrogens with zero attached hydrogens (tertiary/aromatic N) is 1. The normalized spacial score (nSPS) is 17.1. The number of anilines is 1. The second kappa shape index (κ2) is 6.70. The third-order valence-electron chi connectivity index (χ3n) is 4.01. The fourth-order valence-electron chi connectivity index (χ4n) is 2.70. The van der Waals surface area contributed by atoms with Gasteiger partial charge in [0.15, 0.2) is 0 Å². The summed E-state index contributed by atoms with van der Waals surface area (Å²) in [5.41, 5.74) is 1.39. The maximum atomic E-state index is 12.9. The molecule has 1 saturated heterocycles. The molecule has 1 atom stereocenters. The van der Waals surface area contributed by atoms with Crippen LogP contribution < -0.4 is 5.32 Å². The topological polar surface area (TPSA) is 69.6 Å². The fourth-order valence-corrected chi connectivity index (χ4v) is 2.70. The van der Waals surface area contributed by atoms with E-state index in [2.05, 4.69) is 5.32 Å². The zero-order valence-corrected chi connectivity index (χ0v) is 12.9. The van der Waals surface area contributed by atoms with E-state index in [0.717, 1.165) is 5.56 Å². The third kappa shape index (κ3) is 3.71. The number of carbonyl (C=O) groups is 2. The van der Waals surface area contributed by atoms with Crippen molar-refractivity contribution in [1.29, 1.82) is 0 Å². The highest BCUT2D eigenvalue weighted by Gasteiger charge is 2.34. The van der Waals surface area contributed by atoms with Crippen molar-refractivity contribution in [1.82, 2.24) is 4.90 Å². The van der Waals surface area contributed by atoms with Crippen LogP contribution in [-0.4, -0.2) is 28.4 Å². The number of amides is 2. The third-order valence-corrected chi connectivity index (χ3v) is 4.01. The molecule has 2 N–H and O–H groups in total. The standard InChI is InChI=1S/C18H17FN2O3/c19-14-3-1-12(2-4-14)10-21-11-13(9-17(21)23)18(24)20-15-5-7-16(22)8-6-15/h1-8,13,22H,9-11H2,(H,20,24)/t13-/m1/s1. The van der Waals surface area contributed by atoms with Gasteiger partial charge in [-0.15, -0.1) is 0 Å². The van der Waals surface area contributed by atoms with Gasteiger partial charge in [0.25, 0.3) is 0 Å². The fraction of sp³-hybridized carbons (Fsp3) is 0.222. The van der Waals surface area contributed by atoms with E-state index in [0.29, 0.717) is 18.8 Å². The Hall–Kier alpha value is -2.89. The van der Waals surface area contributed by atoms with E-state index in [9.17, 15) is 19.1 Å². The van der Waals surface area contributed by atoms with Crippen LogP contribution in [0.2, 0.25) is 0 Å². The molecule has 2 amide bonds. The lowest BCUT2D eigenvalue weighted by Crippen LogP contribution is -2.28. The minimum atomic E-state index is -0.424. The van der Waals surface area contributed by atoms with Crippen LogP contribution in [0, 0.1) is 11.7 Å². The summed E-state index contributed by atoms with van der Waals surface area (Å²) in [6.07, 6.45) is 0.158. The molecule has 5 nitrogen and oxygen atoms in total. The summed E-state index contributed by atoms with van der Waals surface area (Å²) in [6.45, 7) is 0.697. The molecule has 0 aromatic heterocycles. The molecular formula is C18H17FN2O3. The molecule has 0 aliphatic carbocycles. The van der Waals surface area contributed by atoms with Crippen LogP contribution in [0.5, 0.6) is 5.75 Å². The Bertz CT molecular complexity index is 744. The number of likely N-dealkylation sites (tertiary alicyclic amines) is 1. The van der Waals surface area contributed by atoms with Crippen molar-refractivity contribution in [2.45, 2.75) is 13.0 Å². The Morgan fingerprint density at radius 1 is 1.17 bits per heavy atom. The molecule has 1 aliphatic rings. The summed E-state index contributed by atoms with van der Waals surface area (Å²) in [5.74, 6) is -0.945. The van der Waals surface area contributed by atoms with E-state index in [1.54, 1.807) is 29.2 Å². The molecule has 0 unspecified atom stereocenters. The number of rotatable bonds is 4. The Balaban J connectivity index is 1.60. The molecule has 124 valence electrons. The van der Waals surface area contributed by atoms with Crippen LogP contribution >= 0.6 is 0 Å². The highest BCUT2D eigenvalue weighted by molar-refractivity contribution is 5.97. The van der Waals surface area contributed by atoms with E-state index in [-0.39, 0.29) is 29.8 Å². The first-order chi connectivity index (χ1) is 11.5. The summed E-state index contributed by atoms with van der Waals surface area (Å²) >= 11 is 0. The van der Waals surface area contributed by atoms with Crippen LogP contribution in [0.25, 0.3) is 0 Å². The minimum Gasteiger partial charge on any atom is -0.508 e. The molecule has 0 radical (unpaired) electrons. The zero-order valence-electron chi connectivity index (χ0n) is 12.9. The molecular weight excluding hydrogens is 311 g/mol. The smallest absolute Gasteiger partial charge is 0.229 e. The lowest BCUT2D eigenvalue weighted by Gasteiger charge is -2.16. The van der Waals surface area contributed by atoms with Crippen molar-refractivity contribution in [3.63, 3.8) is 0 Å². The molecule has 3 rings (SSSR count). The first-order valence-electron chi connectivity index (χ1n) is 7.63. The lowest BCUT2D eigenvalue weighted by atomic mass is 10.1. The van der Waals surface area contributed by atoms with E-state index in [4.69, 9.17) is 0 Å². The maximum absolute atomic E-state index is 12.9. The number of hydrogen-bond acceptors (Lipinski definition) is 3. The van der Waals surface area contributed by atoms with Gasteiger partial charge in [-0.25, -0.2) is 4.39 Å². The van der Waals surface area contributed by atoms with Gasteiger partial charge < -0.3 is 15.3 Å². The number of hydrogen-bond donors (Lipinski definition) is 2. The van der Waals surface area contributed by atoms with Gasteiger partial charge in [-0.05, 0) is 42.0 Å². The van der Waals surface area contributed by atoms with Crippen LogP contribution in [0.4, 0.5) is 10.1 Å². The molecule has 2 aromatic carbocycles. The van der Waals surface area contributed by atoms with Gasteiger partial charge in [0, 0.05) is 25.2 Å². The Kier molecular flexibility index (Phi) is 4.46. The first-order valence-corrected chi connectivity index (χ1v) is 7.63. The van der Waals surface area contributed by atoms with Gasteiger partial charge >= 0.3 is 0 Å². The highest BCUT2D eigenvalue weighted by Crippen LogP contribution is 2.22. The number of phenols is 1. The van der Waals surface area contributed by atoms with Gasteiger partial charge in [-0.1, -0.05) is 12.1 Å². The van der Waals surface area contributed by atoms with E-state index in [1.165, 1.54) is 24.3 Å². The van der Waals surface area contributed by atoms with Crippen LogP contribution in [0.3, 0.4) is 0 Å². The van der Waals surface area contributed by atoms with Crippen molar-refractivity contribution < 1.29 is 19.1 Å². The predicted octanol–water partition coefficient (Wildman–Crippen LogP) is 2.52. The van der Waals surface area contributed by atoms with Crippen LogP contribution in [-0.2, 0) is 16.1 Å². The summed E-state index contributed by atoms with van der Waals surface area (Å²) < 4.78 is 12.9. The van der Waals surface area contributed by atoms with Gasteiger partial charge in [0.05, 0.1) is 5.92 Å². The van der Waals surface area contributed by atoms with E-state index < -0.39 is 5.92 Å². The SMILES string of the molecule is O=C(Nc1ccc(O)cc1)[C@@H]1CC(=O)N(Cc2ccc(F)cc2)C1. The number of halogens is 1. The second-order valence-electron chi connectivity index (χ2n) is 5.84. The predicted molar refractivity (Wildman–Crippen MR) is 86.7 cm³/mol. The number of carbonyl (C=O) groups excluding carboxylic acids is 2. The molecule has 0 spiro atoms. The monoisotopic (exact) mass is 328 g/mol. The van der Waals surface area contributed by atoms with Crippen LogP contribution in [0.15, 0.2) is 48.5 Å². The quantitative estimate of drug-likeness (QED) is 0.847. The average Bonchev–Trinajstić information content (AvgIpc) is 2.93. The van der Waals surface area contributed by atoms with E-state index >= 15 is 0 Å². The van der Waals surface area contributed by atoms with Gasteiger partial charge in [0.1, 0.15) is 11.6 Å². The second-order valence-corrected chi connectivity index (χ2v) is 5.84. The lowest BCUT2D eigenvalue weighted by molar-refractivity contribution is -0.128. The van der Waals surface area contributed by atoms with Gasteiger partial charge in [0.2, 0.25) is 11.8 Å². The first kappa shape index (κ1) is 16.0. The van der Waals surface area contributed by atoms with Gasteiger partial charge in [-0.3, -0.25) is 9.59 Å². The molecule has 1 heterocycles. The molecule has 24 heavy (non-hydrogen) atoms. The highest BCUT2D eigenvalue weighted by atomic mass is 19.1. The molecule has 0 saturated carbocycles. The summed E-state index contributed by atoms with van der Waals surface area (Å²) in [7, 11) is 0. The van der Waals surface area contributed by atoms with Crippen molar-refractivity contribution in [3.05, 3.63) is 59.9 Å². The van der Waals surface area contributed by atoms with Crippen molar-refractivity contribution in [2.75, 3.05) is 11.9 Å². The summed E-state index contributed by atoms with van der Waals surface area (Å²) in [5, 5.41) is 12.0. The van der Waals surface area contributed by atoms with Crippen molar-refractivity contribution >= 4 is 17.5 Å².